The van der Waals surface area contributed by atoms with Crippen LogP contribution in [0.4, 0.5) is 0 Å². The minimum atomic E-state index is -3.23. The molecule has 0 spiro atoms. The smallest absolute Gasteiger partial charge is 0.235 e. The molecule has 1 rings (SSSR count). The van der Waals surface area contributed by atoms with Crippen LogP contribution in [-0.2, 0) is 14.6 Å². The van der Waals surface area contributed by atoms with Gasteiger partial charge in [0.15, 0.2) is 9.84 Å². The van der Waals surface area contributed by atoms with Gasteiger partial charge in [-0.05, 0) is 32.7 Å². The summed E-state index contributed by atoms with van der Waals surface area (Å²) in [5.41, 5.74) is 0. The molecule has 0 radical (unpaired) electrons. The zero-order chi connectivity index (χ0) is 12.9. The standard InChI is InChI=1S/C11H22N2O3S.ClH/c1-3-7-17(15,16)8-11(14)13-10-5-4-6-12-9(10)2;/h9-10,12H,3-8H2,1-2H3,(H,13,14);1H. The van der Waals surface area contributed by atoms with E-state index >= 15 is 0 Å². The molecule has 1 heterocycles. The largest absolute Gasteiger partial charge is 0.351 e. The number of piperidine rings is 1. The van der Waals surface area contributed by atoms with Crippen molar-refractivity contribution < 1.29 is 13.2 Å². The van der Waals surface area contributed by atoms with Gasteiger partial charge in [0.2, 0.25) is 5.91 Å². The maximum atomic E-state index is 11.6. The third-order valence-corrected chi connectivity index (χ3v) is 4.71. The van der Waals surface area contributed by atoms with Crippen molar-refractivity contribution >= 4 is 28.2 Å². The number of hydrogen-bond acceptors (Lipinski definition) is 4. The normalized spacial score (nSPS) is 24.1. The van der Waals surface area contributed by atoms with Crippen LogP contribution in [0.1, 0.15) is 33.1 Å². The van der Waals surface area contributed by atoms with Gasteiger partial charge in [0, 0.05) is 12.1 Å². The molecule has 7 heteroatoms. The van der Waals surface area contributed by atoms with Gasteiger partial charge < -0.3 is 10.6 Å². The molecule has 108 valence electrons. The summed E-state index contributed by atoms with van der Waals surface area (Å²) in [6.45, 7) is 4.76. The molecule has 1 amide bonds. The second-order valence-corrected chi connectivity index (χ2v) is 6.84. The third kappa shape index (κ3) is 6.02. The lowest BCUT2D eigenvalue weighted by atomic mass is 10.00. The molecule has 0 aliphatic carbocycles. The highest BCUT2D eigenvalue weighted by Crippen LogP contribution is 2.08. The first-order valence-electron chi connectivity index (χ1n) is 6.18. The van der Waals surface area contributed by atoms with Gasteiger partial charge in [0.05, 0.1) is 5.75 Å². The maximum absolute atomic E-state index is 11.6. The predicted molar refractivity (Wildman–Crippen MR) is 74.8 cm³/mol. The average Bonchev–Trinajstić information content (AvgIpc) is 2.20. The zero-order valence-electron chi connectivity index (χ0n) is 10.9. The van der Waals surface area contributed by atoms with E-state index in [-0.39, 0.29) is 41.9 Å². The SMILES string of the molecule is CCCS(=O)(=O)CC(=O)NC1CCCNC1C.Cl. The summed E-state index contributed by atoms with van der Waals surface area (Å²) < 4.78 is 23.0. The van der Waals surface area contributed by atoms with Gasteiger partial charge in [-0.1, -0.05) is 6.92 Å². The van der Waals surface area contributed by atoms with Crippen molar-refractivity contribution in [3.63, 3.8) is 0 Å². The number of halogens is 1. The van der Waals surface area contributed by atoms with Crippen molar-refractivity contribution in [1.82, 2.24) is 10.6 Å². The van der Waals surface area contributed by atoms with Crippen molar-refractivity contribution in [3.05, 3.63) is 0 Å². The second-order valence-electron chi connectivity index (χ2n) is 4.65. The van der Waals surface area contributed by atoms with E-state index in [1.165, 1.54) is 0 Å². The van der Waals surface area contributed by atoms with Gasteiger partial charge in [-0.15, -0.1) is 12.4 Å². The van der Waals surface area contributed by atoms with E-state index < -0.39 is 9.84 Å². The van der Waals surface area contributed by atoms with E-state index in [0.29, 0.717) is 6.42 Å². The van der Waals surface area contributed by atoms with Crippen molar-refractivity contribution in [2.45, 2.75) is 45.2 Å². The minimum Gasteiger partial charge on any atom is -0.351 e. The Morgan fingerprint density at radius 3 is 2.67 bits per heavy atom. The van der Waals surface area contributed by atoms with Crippen molar-refractivity contribution in [1.29, 1.82) is 0 Å². The number of nitrogens with one attached hydrogen (secondary N) is 2. The summed E-state index contributed by atoms with van der Waals surface area (Å²) in [7, 11) is -3.23. The Labute approximate surface area is 115 Å². The molecule has 0 aromatic carbocycles. The highest BCUT2D eigenvalue weighted by Gasteiger charge is 2.24. The first kappa shape index (κ1) is 17.7. The molecule has 18 heavy (non-hydrogen) atoms. The van der Waals surface area contributed by atoms with Gasteiger partial charge in [-0.2, -0.15) is 0 Å². The Balaban J connectivity index is 0.00000289. The monoisotopic (exact) mass is 298 g/mol. The van der Waals surface area contributed by atoms with Crippen LogP contribution in [0, 0.1) is 0 Å². The van der Waals surface area contributed by atoms with Gasteiger partial charge in [-0.3, -0.25) is 4.79 Å². The lowest BCUT2D eigenvalue weighted by molar-refractivity contribution is -0.119. The molecule has 0 bridgehead atoms. The fourth-order valence-corrected chi connectivity index (χ4v) is 3.32. The first-order chi connectivity index (χ1) is 7.94. The molecule has 1 saturated heterocycles. The number of hydrogen-bond donors (Lipinski definition) is 2. The van der Waals surface area contributed by atoms with Crippen molar-refractivity contribution in [3.8, 4) is 0 Å². The number of carbonyl (C=O) groups is 1. The number of carbonyl (C=O) groups excluding carboxylic acids is 1. The van der Waals surface area contributed by atoms with Gasteiger partial charge in [0.1, 0.15) is 5.75 Å². The molecule has 2 unspecified atom stereocenters. The summed E-state index contributed by atoms with van der Waals surface area (Å²) in [4.78, 5) is 11.6. The molecule has 1 aliphatic heterocycles. The molecule has 0 saturated carbocycles. The fourth-order valence-electron chi connectivity index (χ4n) is 2.07. The van der Waals surface area contributed by atoms with Crippen molar-refractivity contribution in [2.75, 3.05) is 18.1 Å². The Kier molecular flexibility index (Phi) is 7.82. The van der Waals surface area contributed by atoms with Crippen LogP contribution in [0.5, 0.6) is 0 Å². The van der Waals surface area contributed by atoms with E-state index in [2.05, 4.69) is 10.6 Å². The highest BCUT2D eigenvalue weighted by molar-refractivity contribution is 7.92. The Bertz CT molecular complexity index is 359. The lowest BCUT2D eigenvalue weighted by Crippen LogP contribution is -2.52. The van der Waals surface area contributed by atoms with E-state index in [1.54, 1.807) is 6.92 Å². The molecule has 2 N–H and O–H groups in total. The minimum absolute atomic E-state index is 0. The Morgan fingerprint density at radius 1 is 1.44 bits per heavy atom. The topological polar surface area (TPSA) is 75.3 Å². The summed E-state index contributed by atoms with van der Waals surface area (Å²) in [6, 6.07) is 0.259. The molecule has 0 aromatic rings. The average molecular weight is 299 g/mol. The van der Waals surface area contributed by atoms with Crippen LogP contribution >= 0.6 is 12.4 Å². The molecular formula is C11H23ClN2O3S. The van der Waals surface area contributed by atoms with Crippen LogP contribution < -0.4 is 10.6 Å². The van der Waals surface area contributed by atoms with Gasteiger partial charge >= 0.3 is 0 Å². The van der Waals surface area contributed by atoms with E-state index in [1.807, 2.05) is 6.92 Å². The number of sulfone groups is 1. The van der Waals surface area contributed by atoms with Crippen LogP contribution in [0.25, 0.3) is 0 Å². The first-order valence-corrected chi connectivity index (χ1v) is 8.00. The summed E-state index contributed by atoms with van der Waals surface area (Å²) in [5, 5.41) is 6.06. The number of rotatable bonds is 5. The van der Waals surface area contributed by atoms with Crippen LogP contribution in [-0.4, -0.2) is 44.5 Å². The quantitative estimate of drug-likeness (QED) is 0.774. The second kappa shape index (κ2) is 7.96. The van der Waals surface area contributed by atoms with Crippen LogP contribution in [0.15, 0.2) is 0 Å². The van der Waals surface area contributed by atoms with E-state index in [0.717, 1.165) is 19.4 Å². The molecule has 5 nitrogen and oxygen atoms in total. The molecule has 2 atom stereocenters. The molecule has 1 aliphatic rings. The molecule has 0 aromatic heterocycles. The summed E-state index contributed by atoms with van der Waals surface area (Å²) >= 11 is 0. The fraction of sp³-hybridized carbons (Fsp3) is 0.909. The molecular weight excluding hydrogens is 276 g/mol. The summed E-state index contributed by atoms with van der Waals surface area (Å²) in [5.74, 6) is -0.679. The third-order valence-electron chi connectivity index (χ3n) is 2.97. The predicted octanol–water partition coefficient (Wildman–Crippen LogP) is 0.490. The zero-order valence-corrected chi connectivity index (χ0v) is 12.6. The van der Waals surface area contributed by atoms with Gasteiger partial charge in [0.25, 0.3) is 0 Å². The number of amides is 1. The van der Waals surface area contributed by atoms with Gasteiger partial charge in [-0.25, -0.2) is 8.42 Å². The highest BCUT2D eigenvalue weighted by atomic mass is 35.5. The molecule has 1 fully saturated rings. The maximum Gasteiger partial charge on any atom is 0.235 e. The lowest BCUT2D eigenvalue weighted by Gasteiger charge is -2.30. The van der Waals surface area contributed by atoms with Crippen LogP contribution in [0.3, 0.4) is 0 Å². The Hall–Kier alpha value is -0.330. The van der Waals surface area contributed by atoms with Crippen LogP contribution in [0.2, 0.25) is 0 Å². The van der Waals surface area contributed by atoms with E-state index in [9.17, 15) is 13.2 Å². The van der Waals surface area contributed by atoms with Crippen molar-refractivity contribution in [2.24, 2.45) is 0 Å². The van der Waals surface area contributed by atoms with E-state index in [4.69, 9.17) is 0 Å². The summed E-state index contributed by atoms with van der Waals surface area (Å²) in [6.07, 6.45) is 2.47. The Morgan fingerprint density at radius 2 is 2.11 bits per heavy atom.